The molecule has 5 nitrogen and oxygen atoms in total. The Morgan fingerprint density at radius 1 is 1.41 bits per heavy atom. The lowest BCUT2D eigenvalue weighted by Crippen LogP contribution is -2.37. The number of hydrogen-bond donors (Lipinski definition) is 1. The van der Waals surface area contributed by atoms with Crippen molar-refractivity contribution in [3.05, 3.63) is 47.7 Å². The highest BCUT2D eigenvalue weighted by Crippen LogP contribution is 2.26. The molecule has 1 atom stereocenters. The Kier molecular flexibility index (Phi) is 4.13. The minimum atomic E-state index is -0.208. The summed E-state index contributed by atoms with van der Waals surface area (Å²) >= 11 is 0. The summed E-state index contributed by atoms with van der Waals surface area (Å²) in [7, 11) is 0. The van der Waals surface area contributed by atoms with E-state index >= 15 is 0 Å². The lowest BCUT2D eigenvalue weighted by Gasteiger charge is -2.26. The second-order valence-electron chi connectivity index (χ2n) is 5.82. The van der Waals surface area contributed by atoms with Gasteiger partial charge in [-0.3, -0.25) is 4.79 Å². The Morgan fingerprint density at radius 2 is 2.23 bits per heavy atom. The van der Waals surface area contributed by atoms with Crippen LogP contribution in [0.25, 0.3) is 0 Å². The highest BCUT2D eigenvalue weighted by atomic mass is 16.5. The number of para-hydroxylation sites is 1. The van der Waals surface area contributed by atoms with Crippen LogP contribution in [0.1, 0.15) is 48.0 Å². The van der Waals surface area contributed by atoms with Gasteiger partial charge in [-0.2, -0.15) is 0 Å². The van der Waals surface area contributed by atoms with Gasteiger partial charge in [-0.25, -0.2) is 4.98 Å². The molecule has 1 aromatic carbocycles. The van der Waals surface area contributed by atoms with Gasteiger partial charge in [0.1, 0.15) is 17.6 Å². The molecule has 1 N–H and O–H groups in total. The first-order chi connectivity index (χ1) is 10.6. The van der Waals surface area contributed by atoms with Crippen LogP contribution in [-0.4, -0.2) is 23.5 Å². The summed E-state index contributed by atoms with van der Waals surface area (Å²) in [5, 5.41) is 2.89. The maximum Gasteiger partial charge on any atom is 0.273 e. The molecule has 1 aliphatic heterocycles. The summed E-state index contributed by atoms with van der Waals surface area (Å²) in [6, 6.07) is 8.03. The lowest BCUT2D eigenvalue weighted by atomic mass is 10.0. The maximum absolute atomic E-state index is 12.2. The van der Waals surface area contributed by atoms with Crippen LogP contribution in [0.5, 0.6) is 5.75 Å². The van der Waals surface area contributed by atoms with Crippen molar-refractivity contribution in [1.29, 1.82) is 0 Å². The van der Waals surface area contributed by atoms with Crippen molar-refractivity contribution in [2.24, 2.45) is 0 Å². The van der Waals surface area contributed by atoms with Crippen LogP contribution in [0.2, 0.25) is 0 Å². The van der Waals surface area contributed by atoms with E-state index in [1.807, 2.05) is 32.0 Å². The number of amides is 1. The molecule has 1 unspecified atom stereocenters. The van der Waals surface area contributed by atoms with Crippen molar-refractivity contribution in [3.63, 3.8) is 0 Å². The Morgan fingerprint density at radius 3 is 3.05 bits per heavy atom. The lowest BCUT2D eigenvalue weighted by molar-refractivity contribution is 0.0911. The van der Waals surface area contributed by atoms with Crippen molar-refractivity contribution in [3.8, 4) is 5.75 Å². The largest absolute Gasteiger partial charge is 0.488 e. The van der Waals surface area contributed by atoms with Crippen LogP contribution in [0.15, 0.2) is 35.1 Å². The Hall–Kier alpha value is -2.30. The van der Waals surface area contributed by atoms with Crippen molar-refractivity contribution in [1.82, 2.24) is 10.3 Å². The fourth-order valence-corrected chi connectivity index (χ4v) is 2.65. The van der Waals surface area contributed by atoms with Crippen LogP contribution >= 0.6 is 0 Å². The molecule has 0 spiro atoms. The van der Waals surface area contributed by atoms with E-state index in [0.717, 1.165) is 18.6 Å². The standard InChI is InChI=1S/C17H20N2O3/c1-11(2)16-15(19-10-21-16)17(20)18-9-13-8-7-12-5-3-4-6-14(12)22-13/h3-6,10-11,13H,7-9H2,1-2H3,(H,18,20). The third kappa shape index (κ3) is 2.98. The van der Waals surface area contributed by atoms with Crippen molar-refractivity contribution in [2.75, 3.05) is 6.54 Å². The molecule has 0 aliphatic carbocycles. The number of nitrogens with one attached hydrogen (secondary N) is 1. The summed E-state index contributed by atoms with van der Waals surface area (Å²) in [5.41, 5.74) is 1.59. The number of carbonyl (C=O) groups is 1. The Balaban J connectivity index is 1.59. The monoisotopic (exact) mass is 300 g/mol. The van der Waals surface area contributed by atoms with E-state index in [9.17, 15) is 4.79 Å². The zero-order chi connectivity index (χ0) is 15.5. The third-order valence-corrected chi connectivity index (χ3v) is 3.83. The number of aryl methyl sites for hydroxylation is 1. The molecule has 0 bridgehead atoms. The van der Waals surface area contributed by atoms with Gasteiger partial charge in [0.25, 0.3) is 5.91 Å². The first kappa shape index (κ1) is 14.6. The van der Waals surface area contributed by atoms with E-state index in [0.29, 0.717) is 18.0 Å². The van der Waals surface area contributed by atoms with Crippen LogP contribution in [-0.2, 0) is 6.42 Å². The first-order valence-electron chi connectivity index (χ1n) is 7.61. The SMILES string of the molecule is CC(C)c1ocnc1C(=O)NCC1CCc2ccccc2O1. The molecule has 0 saturated heterocycles. The summed E-state index contributed by atoms with van der Waals surface area (Å²) in [5.74, 6) is 1.45. The Bertz CT molecular complexity index is 663. The second-order valence-corrected chi connectivity index (χ2v) is 5.82. The molecule has 1 aliphatic rings. The molecular weight excluding hydrogens is 280 g/mol. The van der Waals surface area contributed by atoms with Gasteiger partial charge >= 0.3 is 0 Å². The zero-order valence-electron chi connectivity index (χ0n) is 12.8. The molecule has 5 heteroatoms. The number of nitrogens with zero attached hydrogens (tertiary/aromatic N) is 1. The van der Waals surface area contributed by atoms with E-state index in [2.05, 4.69) is 16.4 Å². The molecule has 0 saturated carbocycles. The summed E-state index contributed by atoms with van der Waals surface area (Å²) < 4.78 is 11.2. The van der Waals surface area contributed by atoms with Gasteiger partial charge in [0, 0.05) is 5.92 Å². The van der Waals surface area contributed by atoms with Crippen LogP contribution in [0.4, 0.5) is 0 Å². The van der Waals surface area contributed by atoms with Gasteiger partial charge in [-0.15, -0.1) is 0 Å². The number of ether oxygens (including phenoxy) is 1. The fourth-order valence-electron chi connectivity index (χ4n) is 2.65. The van der Waals surface area contributed by atoms with Gasteiger partial charge in [-0.1, -0.05) is 32.0 Å². The molecule has 3 rings (SSSR count). The molecule has 0 fully saturated rings. The molecule has 0 radical (unpaired) electrons. The van der Waals surface area contributed by atoms with Gasteiger partial charge in [0.05, 0.1) is 6.54 Å². The van der Waals surface area contributed by atoms with Crippen LogP contribution in [0, 0.1) is 0 Å². The topological polar surface area (TPSA) is 64.4 Å². The average Bonchev–Trinajstić information content (AvgIpc) is 3.02. The average molecular weight is 300 g/mol. The second kappa shape index (κ2) is 6.22. The molecule has 1 amide bonds. The summed E-state index contributed by atoms with van der Waals surface area (Å²) in [6.07, 6.45) is 3.18. The highest BCUT2D eigenvalue weighted by Gasteiger charge is 2.23. The van der Waals surface area contributed by atoms with Crippen LogP contribution < -0.4 is 10.1 Å². The molecule has 116 valence electrons. The number of hydrogen-bond acceptors (Lipinski definition) is 4. The quantitative estimate of drug-likeness (QED) is 0.943. The molecule has 22 heavy (non-hydrogen) atoms. The maximum atomic E-state index is 12.2. The van der Waals surface area contributed by atoms with E-state index in [1.54, 1.807) is 0 Å². The molecule has 2 heterocycles. The predicted molar refractivity (Wildman–Crippen MR) is 82.1 cm³/mol. The van der Waals surface area contributed by atoms with E-state index < -0.39 is 0 Å². The number of benzene rings is 1. The zero-order valence-corrected chi connectivity index (χ0v) is 12.8. The first-order valence-corrected chi connectivity index (χ1v) is 7.61. The van der Waals surface area contributed by atoms with Gasteiger partial charge < -0.3 is 14.5 Å². The number of carbonyl (C=O) groups excluding carboxylic acids is 1. The van der Waals surface area contributed by atoms with E-state index in [-0.39, 0.29) is 17.9 Å². The Labute approximate surface area is 129 Å². The molecular formula is C17H20N2O3. The number of oxazole rings is 1. The smallest absolute Gasteiger partial charge is 0.273 e. The molecule has 2 aromatic rings. The number of rotatable bonds is 4. The highest BCUT2D eigenvalue weighted by molar-refractivity contribution is 5.93. The van der Waals surface area contributed by atoms with Crippen molar-refractivity contribution < 1.29 is 13.9 Å². The van der Waals surface area contributed by atoms with E-state index in [4.69, 9.17) is 9.15 Å². The van der Waals surface area contributed by atoms with Crippen LogP contribution in [0.3, 0.4) is 0 Å². The van der Waals surface area contributed by atoms with Gasteiger partial charge in [0.2, 0.25) is 0 Å². The number of aromatic nitrogens is 1. The van der Waals surface area contributed by atoms with Gasteiger partial charge in [0.15, 0.2) is 12.1 Å². The van der Waals surface area contributed by atoms with E-state index in [1.165, 1.54) is 12.0 Å². The van der Waals surface area contributed by atoms with Crippen molar-refractivity contribution in [2.45, 2.75) is 38.7 Å². The third-order valence-electron chi connectivity index (χ3n) is 3.83. The number of fused-ring (bicyclic) bond motifs is 1. The summed E-state index contributed by atoms with van der Waals surface area (Å²) in [4.78, 5) is 16.2. The van der Waals surface area contributed by atoms with Crippen molar-refractivity contribution >= 4 is 5.91 Å². The minimum absolute atomic E-state index is 0.00625. The summed E-state index contributed by atoms with van der Waals surface area (Å²) in [6.45, 7) is 4.41. The molecule has 1 aromatic heterocycles. The fraction of sp³-hybridized carbons (Fsp3) is 0.412. The van der Waals surface area contributed by atoms with Gasteiger partial charge in [-0.05, 0) is 24.5 Å². The predicted octanol–water partition coefficient (Wildman–Crippen LogP) is 2.92. The minimum Gasteiger partial charge on any atom is -0.488 e. The normalized spacial score (nSPS) is 17.0.